The van der Waals surface area contributed by atoms with Gasteiger partial charge in [-0.25, -0.2) is 0 Å². The molecular formula is C21H28N2O. The van der Waals surface area contributed by atoms with Gasteiger partial charge in [-0.3, -0.25) is 4.79 Å². The standard InChI is InChI=1S/C21H28N2O/c24-20-21(13-18-9-4-5-10-19(18)14-22-20)11-6-12-23(16-21)15-17-7-2-1-3-8-17/h1-2,4-5,9-10,17H,3,6-8,11-16H2,(H,22,24). The lowest BCUT2D eigenvalue weighted by Gasteiger charge is -2.42. The van der Waals surface area contributed by atoms with Crippen molar-refractivity contribution in [3.8, 4) is 0 Å². The summed E-state index contributed by atoms with van der Waals surface area (Å²) in [6.45, 7) is 3.91. The van der Waals surface area contributed by atoms with E-state index in [-0.39, 0.29) is 11.3 Å². The van der Waals surface area contributed by atoms with Gasteiger partial charge in [-0.15, -0.1) is 0 Å². The third-order valence-electron chi connectivity index (χ3n) is 6.12. The highest BCUT2D eigenvalue weighted by Crippen LogP contribution is 2.37. The maximum atomic E-state index is 12.9. The van der Waals surface area contributed by atoms with Crippen LogP contribution in [0.2, 0.25) is 0 Å². The summed E-state index contributed by atoms with van der Waals surface area (Å²) in [4.78, 5) is 15.5. The molecule has 2 atom stereocenters. The van der Waals surface area contributed by atoms with Gasteiger partial charge in [-0.2, -0.15) is 0 Å². The molecule has 3 nitrogen and oxygen atoms in total. The molecule has 2 aliphatic heterocycles. The van der Waals surface area contributed by atoms with Gasteiger partial charge in [0, 0.05) is 19.6 Å². The van der Waals surface area contributed by atoms with Crippen LogP contribution in [-0.2, 0) is 17.8 Å². The van der Waals surface area contributed by atoms with Crippen LogP contribution in [0.1, 0.15) is 43.2 Å². The van der Waals surface area contributed by atoms with Crippen molar-refractivity contribution in [1.29, 1.82) is 0 Å². The number of carbonyl (C=O) groups is 1. The van der Waals surface area contributed by atoms with Gasteiger partial charge in [-0.1, -0.05) is 36.4 Å². The zero-order valence-corrected chi connectivity index (χ0v) is 14.5. The summed E-state index contributed by atoms with van der Waals surface area (Å²) < 4.78 is 0. The average Bonchev–Trinajstić information content (AvgIpc) is 2.74. The summed E-state index contributed by atoms with van der Waals surface area (Å²) in [7, 11) is 0. The molecule has 2 unspecified atom stereocenters. The first-order valence-electron chi connectivity index (χ1n) is 9.48. The Labute approximate surface area is 145 Å². The Balaban J connectivity index is 1.52. The molecule has 0 bridgehead atoms. The van der Waals surface area contributed by atoms with Crippen LogP contribution in [0, 0.1) is 11.3 Å². The number of carbonyl (C=O) groups excluding carboxylic acids is 1. The van der Waals surface area contributed by atoms with E-state index < -0.39 is 0 Å². The number of allylic oxidation sites excluding steroid dienone is 2. The zero-order chi connectivity index (χ0) is 16.4. The molecule has 1 aliphatic carbocycles. The molecule has 0 radical (unpaired) electrons. The van der Waals surface area contributed by atoms with E-state index in [2.05, 4.69) is 46.6 Å². The first kappa shape index (κ1) is 15.9. The van der Waals surface area contributed by atoms with E-state index in [9.17, 15) is 4.79 Å². The molecule has 0 saturated carbocycles. The molecule has 24 heavy (non-hydrogen) atoms. The largest absolute Gasteiger partial charge is 0.351 e. The Morgan fingerprint density at radius 2 is 2.08 bits per heavy atom. The van der Waals surface area contributed by atoms with E-state index >= 15 is 0 Å². The maximum Gasteiger partial charge on any atom is 0.228 e. The van der Waals surface area contributed by atoms with Crippen LogP contribution in [0.15, 0.2) is 36.4 Å². The molecule has 1 amide bonds. The third kappa shape index (κ3) is 3.14. The van der Waals surface area contributed by atoms with Gasteiger partial charge in [0.05, 0.1) is 5.41 Å². The Morgan fingerprint density at radius 1 is 1.21 bits per heavy atom. The number of rotatable bonds is 2. The molecule has 2 heterocycles. The average molecular weight is 324 g/mol. The lowest BCUT2D eigenvalue weighted by molar-refractivity contribution is -0.134. The molecule has 4 rings (SSSR count). The SMILES string of the molecule is O=C1NCc2ccccc2CC12CCCN(CC1CC=CCC1)C2. The summed E-state index contributed by atoms with van der Waals surface area (Å²) in [5.41, 5.74) is 2.42. The highest BCUT2D eigenvalue weighted by Gasteiger charge is 2.43. The fourth-order valence-corrected chi connectivity index (χ4v) is 4.81. The Bertz CT molecular complexity index is 638. The second-order valence-electron chi connectivity index (χ2n) is 7.90. The van der Waals surface area contributed by atoms with Gasteiger partial charge in [-0.05, 0) is 62.1 Å². The van der Waals surface area contributed by atoms with Crippen molar-refractivity contribution in [3.63, 3.8) is 0 Å². The minimum absolute atomic E-state index is 0.227. The molecule has 1 N–H and O–H groups in total. The number of hydrogen-bond donors (Lipinski definition) is 1. The van der Waals surface area contributed by atoms with Crippen LogP contribution in [0.5, 0.6) is 0 Å². The lowest BCUT2D eigenvalue weighted by Crippen LogP contribution is -2.52. The molecule has 128 valence electrons. The molecule has 0 aromatic heterocycles. The van der Waals surface area contributed by atoms with E-state index in [4.69, 9.17) is 0 Å². The van der Waals surface area contributed by atoms with Crippen LogP contribution in [-0.4, -0.2) is 30.4 Å². The Morgan fingerprint density at radius 3 is 2.92 bits per heavy atom. The van der Waals surface area contributed by atoms with E-state index in [0.717, 1.165) is 44.8 Å². The number of nitrogens with one attached hydrogen (secondary N) is 1. The second kappa shape index (κ2) is 6.72. The number of hydrogen-bond acceptors (Lipinski definition) is 2. The van der Waals surface area contributed by atoms with Crippen LogP contribution < -0.4 is 5.32 Å². The van der Waals surface area contributed by atoms with Gasteiger partial charge in [0.15, 0.2) is 0 Å². The van der Waals surface area contributed by atoms with Crippen LogP contribution in [0.4, 0.5) is 0 Å². The number of amides is 1. The minimum Gasteiger partial charge on any atom is -0.351 e. The summed E-state index contributed by atoms with van der Waals surface area (Å²) >= 11 is 0. The van der Waals surface area contributed by atoms with Gasteiger partial charge < -0.3 is 10.2 Å². The second-order valence-corrected chi connectivity index (χ2v) is 7.90. The zero-order valence-electron chi connectivity index (χ0n) is 14.5. The number of piperidine rings is 1. The molecule has 1 saturated heterocycles. The number of nitrogens with zero attached hydrogens (tertiary/aromatic N) is 1. The first-order valence-corrected chi connectivity index (χ1v) is 9.48. The third-order valence-corrected chi connectivity index (χ3v) is 6.12. The summed E-state index contributed by atoms with van der Waals surface area (Å²) in [6, 6.07) is 8.55. The highest BCUT2D eigenvalue weighted by atomic mass is 16.2. The summed E-state index contributed by atoms with van der Waals surface area (Å²) in [5, 5.41) is 3.21. The molecule has 1 fully saturated rings. The molecule has 3 aliphatic rings. The van der Waals surface area contributed by atoms with Gasteiger partial charge in [0.2, 0.25) is 5.91 Å². The van der Waals surface area contributed by atoms with Crippen molar-refractivity contribution in [2.45, 2.75) is 45.1 Å². The van der Waals surface area contributed by atoms with Crippen LogP contribution >= 0.6 is 0 Å². The number of benzene rings is 1. The fourth-order valence-electron chi connectivity index (χ4n) is 4.81. The van der Waals surface area contributed by atoms with Gasteiger partial charge in [0.1, 0.15) is 0 Å². The highest BCUT2D eigenvalue weighted by molar-refractivity contribution is 5.84. The van der Waals surface area contributed by atoms with Crippen LogP contribution in [0.3, 0.4) is 0 Å². The lowest BCUT2D eigenvalue weighted by atomic mass is 9.74. The van der Waals surface area contributed by atoms with E-state index in [1.54, 1.807) is 0 Å². The topological polar surface area (TPSA) is 32.3 Å². The summed E-state index contributed by atoms with van der Waals surface area (Å²) in [6.07, 6.45) is 11.4. The van der Waals surface area contributed by atoms with Gasteiger partial charge >= 0.3 is 0 Å². The molecule has 1 aromatic carbocycles. The Kier molecular flexibility index (Phi) is 4.45. The van der Waals surface area contributed by atoms with Gasteiger partial charge in [0.25, 0.3) is 0 Å². The van der Waals surface area contributed by atoms with Crippen molar-refractivity contribution in [3.05, 3.63) is 47.5 Å². The minimum atomic E-state index is -0.227. The summed E-state index contributed by atoms with van der Waals surface area (Å²) in [5.74, 6) is 1.04. The van der Waals surface area contributed by atoms with Crippen LogP contribution in [0.25, 0.3) is 0 Å². The maximum absolute atomic E-state index is 12.9. The normalized spacial score (nSPS) is 30.7. The fraction of sp³-hybridized carbons (Fsp3) is 0.571. The quantitative estimate of drug-likeness (QED) is 0.847. The predicted octanol–water partition coefficient (Wildman–Crippen LogP) is 3.30. The predicted molar refractivity (Wildman–Crippen MR) is 96.6 cm³/mol. The molecule has 1 spiro atoms. The first-order chi connectivity index (χ1) is 11.8. The number of likely N-dealkylation sites (tertiary alicyclic amines) is 1. The Hall–Kier alpha value is -1.61. The molecule has 1 aromatic rings. The van der Waals surface area contributed by atoms with E-state index in [1.165, 1.54) is 30.4 Å². The smallest absolute Gasteiger partial charge is 0.228 e. The molecular weight excluding hydrogens is 296 g/mol. The van der Waals surface area contributed by atoms with Crippen molar-refractivity contribution in [2.75, 3.05) is 19.6 Å². The molecule has 3 heteroatoms. The number of fused-ring (bicyclic) bond motifs is 1. The van der Waals surface area contributed by atoms with E-state index in [1.807, 2.05) is 0 Å². The van der Waals surface area contributed by atoms with Crippen molar-refractivity contribution >= 4 is 5.91 Å². The van der Waals surface area contributed by atoms with Crippen molar-refractivity contribution in [2.24, 2.45) is 11.3 Å². The van der Waals surface area contributed by atoms with Crippen molar-refractivity contribution in [1.82, 2.24) is 10.2 Å². The monoisotopic (exact) mass is 324 g/mol. The van der Waals surface area contributed by atoms with Crippen molar-refractivity contribution < 1.29 is 4.79 Å². The van der Waals surface area contributed by atoms with E-state index in [0.29, 0.717) is 6.54 Å².